The Morgan fingerprint density at radius 2 is 2.40 bits per heavy atom. The van der Waals surface area contributed by atoms with Gasteiger partial charge in [-0.1, -0.05) is 15.9 Å². The van der Waals surface area contributed by atoms with Crippen LogP contribution in [0.4, 0.5) is 0 Å². The molecule has 10 heavy (non-hydrogen) atoms. The molecule has 0 spiro atoms. The summed E-state index contributed by atoms with van der Waals surface area (Å²) < 4.78 is 5.00. The summed E-state index contributed by atoms with van der Waals surface area (Å²) in [6.45, 7) is 0. The Bertz CT molecular complexity index is 262. The number of fused-ring (bicyclic) bond motifs is 1. The number of alkyl halides is 1. The normalized spacial score (nSPS) is 12.1. The number of halogens is 1. The van der Waals surface area contributed by atoms with Crippen molar-refractivity contribution in [2.45, 2.75) is 6.42 Å². The first kappa shape index (κ1) is 6.16. The van der Waals surface area contributed by atoms with E-state index in [9.17, 15) is 0 Å². The topological polar surface area (TPSA) is 25.4 Å². The fourth-order valence-electron chi connectivity index (χ4n) is 0.837. The Hall–Kier alpha value is -0.570. The van der Waals surface area contributed by atoms with Crippen molar-refractivity contribution in [3.05, 3.63) is 17.8 Å². The van der Waals surface area contributed by atoms with Crippen molar-refractivity contribution in [3.8, 4) is 11.6 Å². The Kier molecular flexibility index (Phi) is 1.38. The van der Waals surface area contributed by atoms with Gasteiger partial charge in [0, 0.05) is 11.0 Å². The highest BCUT2D eigenvalue weighted by Crippen LogP contribution is 2.42. The van der Waals surface area contributed by atoms with E-state index in [1.807, 2.05) is 12.1 Å². The Labute approximate surface area is 67.4 Å². The second-order valence-electron chi connectivity index (χ2n) is 2.15. The number of pyridine rings is 1. The predicted octanol–water partition coefficient (Wildman–Crippen LogP) is 2.12. The molecule has 0 saturated carbocycles. The van der Waals surface area contributed by atoms with Crippen molar-refractivity contribution in [3.63, 3.8) is 0 Å². The summed E-state index contributed by atoms with van der Waals surface area (Å²) >= 11 is 3.35. The minimum atomic E-state index is 0.804. The first-order chi connectivity index (χ1) is 4.90. The van der Waals surface area contributed by atoms with Gasteiger partial charge in [-0.3, -0.25) is 0 Å². The van der Waals surface area contributed by atoms with Gasteiger partial charge >= 0.3 is 0 Å². The molecule has 0 radical (unpaired) electrons. The van der Waals surface area contributed by atoms with Crippen LogP contribution in [0.15, 0.2) is 12.1 Å². The molecular weight excluding hydrogens is 194 g/mol. The van der Waals surface area contributed by atoms with E-state index in [1.165, 1.54) is 0 Å². The summed E-state index contributed by atoms with van der Waals surface area (Å²) in [6.07, 6.45) is 0.969. The highest BCUT2D eigenvalue weighted by atomic mass is 79.9. The standard InChI is InChI=1S/C7H6BrNO/c8-4-3-5-1-2-6-7(9-5)10-6/h1-2H,3-4H2. The van der Waals surface area contributed by atoms with E-state index in [0.29, 0.717) is 0 Å². The monoisotopic (exact) mass is 199 g/mol. The molecule has 2 rings (SSSR count). The van der Waals surface area contributed by atoms with Gasteiger partial charge in [-0.2, -0.15) is 0 Å². The van der Waals surface area contributed by atoms with Gasteiger partial charge in [0.15, 0.2) is 5.75 Å². The number of aromatic nitrogens is 1. The Balaban J connectivity index is 2.22. The zero-order chi connectivity index (χ0) is 6.97. The van der Waals surface area contributed by atoms with Crippen LogP contribution >= 0.6 is 15.9 Å². The fourth-order valence-corrected chi connectivity index (χ4v) is 1.24. The highest BCUT2D eigenvalue weighted by molar-refractivity contribution is 9.09. The third kappa shape index (κ3) is 1.01. The lowest BCUT2D eigenvalue weighted by atomic mass is 10.3. The third-order valence-corrected chi connectivity index (χ3v) is 1.80. The van der Waals surface area contributed by atoms with E-state index >= 15 is 0 Å². The quantitative estimate of drug-likeness (QED) is 0.548. The van der Waals surface area contributed by atoms with Crippen molar-refractivity contribution >= 4 is 15.9 Å². The summed E-state index contributed by atoms with van der Waals surface area (Å²) in [5.41, 5.74) is 1.09. The van der Waals surface area contributed by atoms with E-state index in [2.05, 4.69) is 20.9 Å². The average molecular weight is 200 g/mol. The molecule has 0 aromatic carbocycles. The van der Waals surface area contributed by atoms with Gasteiger partial charge in [0.2, 0.25) is 0 Å². The summed E-state index contributed by atoms with van der Waals surface area (Å²) in [5, 5.41) is 0.957. The van der Waals surface area contributed by atoms with Crippen LogP contribution < -0.4 is 4.74 Å². The maximum atomic E-state index is 5.00. The van der Waals surface area contributed by atoms with E-state index < -0.39 is 0 Å². The molecule has 0 atom stereocenters. The van der Waals surface area contributed by atoms with E-state index in [1.54, 1.807) is 0 Å². The van der Waals surface area contributed by atoms with Crippen LogP contribution in [-0.4, -0.2) is 10.3 Å². The van der Waals surface area contributed by atoms with E-state index in [4.69, 9.17) is 4.74 Å². The van der Waals surface area contributed by atoms with Crippen LogP contribution in [0.3, 0.4) is 0 Å². The molecule has 2 heterocycles. The van der Waals surface area contributed by atoms with Crippen LogP contribution in [0, 0.1) is 0 Å². The highest BCUT2D eigenvalue weighted by Gasteiger charge is 2.21. The van der Waals surface area contributed by atoms with Crippen LogP contribution in [0.1, 0.15) is 5.69 Å². The van der Waals surface area contributed by atoms with E-state index in [0.717, 1.165) is 29.1 Å². The van der Waals surface area contributed by atoms with Crippen molar-refractivity contribution in [1.29, 1.82) is 0 Å². The van der Waals surface area contributed by atoms with Crippen LogP contribution in [-0.2, 0) is 6.42 Å². The molecule has 3 heteroatoms. The molecule has 0 saturated heterocycles. The van der Waals surface area contributed by atoms with Crippen LogP contribution in [0.2, 0.25) is 0 Å². The molecule has 1 aromatic heterocycles. The molecule has 1 aliphatic heterocycles. The molecule has 0 fully saturated rings. The van der Waals surface area contributed by atoms with Gasteiger partial charge in [0.1, 0.15) is 0 Å². The predicted molar refractivity (Wildman–Crippen MR) is 41.8 cm³/mol. The molecule has 52 valence electrons. The molecule has 0 amide bonds. The van der Waals surface area contributed by atoms with Gasteiger partial charge in [0.05, 0.1) is 0 Å². The van der Waals surface area contributed by atoms with Crippen LogP contribution in [0.25, 0.3) is 0 Å². The van der Waals surface area contributed by atoms with Gasteiger partial charge in [-0.05, 0) is 18.6 Å². The maximum absolute atomic E-state index is 5.00. The van der Waals surface area contributed by atoms with Crippen molar-refractivity contribution < 1.29 is 4.74 Å². The lowest BCUT2D eigenvalue weighted by Gasteiger charge is -1.89. The summed E-state index contributed by atoms with van der Waals surface area (Å²) in [5.74, 6) is 1.73. The lowest BCUT2D eigenvalue weighted by molar-refractivity contribution is 0.633. The maximum Gasteiger partial charge on any atom is 0.263 e. The zero-order valence-electron chi connectivity index (χ0n) is 5.30. The molecule has 1 aromatic rings. The summed E-state index contributed by atoms with van der Waals surface area (Å²) in [7, 11) is 0. The lowest BCUT2D eigenvalue weighted by Crippen LogP contribution is -1.85. The zero-order valence-corrected chi connectivity index (χ0v) is 6.89. The number of hydrogen-bond donors (Lipinski definition) is 0. The molecule has 0 unspecified atom stereocenters. The number of rotatable bonds is 2. The Morgan fingerprint density at radius 3 is 3.10 bits per heavy atom. The van der Waals surface area contributed by atoms with Crippen molar-refractivity contribution in [1.82, 2.24) is 4.98 Å². The second kappa shape index (κ2) is 2.23. The number of aryl methyl sites for hydroxylation is 1. The smallest absolute Gasteiger partial charge is 0.263 e. The molecule has 0 N–H and O–H groups in total. The molecule has 0 bridgehead atoms. The molecular formula is C7H6BrNO. The summed E-state index contributed by atoms with van der Waals surface area (Å²) in [6, 6.07) is 3.95. The minimum absolute atomic E-state index is 0.804. The first-order valence-corrected chi connectivity index (χ1v) is 4.26. The largest absolute Gasteiger partial charge is 0.430 e. The first-order valence-electron chi connectivity index (χ1n) is 3.14. The number of hydrogen-bond acceptors (Lipinski definition) is 2. The van der Waals surface area contributed by atoms with Crippen molar-refractivity contribution in [2.75, 3.05) is 5.33 Å². The molecule has 0 aliphatic carbocycles. The van der Waals surface area contributed by atoms with Gasteiger partial charge in [-0.25, -0.2) is 4.98 Å². The second-order valence-corrected chi connectivity index (χ2v) is 2.94. The number of ether oxygens (including phenoxy) is 1. The van der Waals surface area contributed by atoms with Gasteiger partial charge in [0.25, 0.3) is 5.88 Å². The molecule has 1 aliphatic rings. The number of nitrogens with zero attached hydrogens (tertiary/aromatic N) is 1. The van der Waals surface area contributed by atoms with Gasteiger partial charge in [-0.15, -0.1) is 0 Å². The minimum Gasteiger partial charge on any atom is -0.430 e. The van der Waals surface area contributed by atoms with E-state index in [-0.39, 0.29) is 0 Å². The Morgan fingerprint density at radius 1 is 1.50 bits per heavy atom. The fraction of sp³-hybridized carbons (Fsp3) is 0.286. The average Bonchev–Trinajstić information content (AvgIpc) is 2.66. The van der Waals surface area contributed by atoms with Gasteiger partial charge < -0.3 is 4.74 Å². The van der Waals surface area contributed by atoms with Crippen molar-refractivity contribution in [2.24, 2.45) is 0 Å². The SMILES string of the molecule is BrCCc1ccc2c(n1)O2. The third-order valence-electron chi connectivity index (χ3n) is 1.40. The molecule has 2 nitrogen and oxygen atoms in total. The summed E-state index contributed by atoms with van der Waals surface area (Å²) in [4.78, 5) is 4.20. The van der Waals surface area contributed by atoms with Crippen LogP contribution in [0.5, 0.6) is 11.6 Å².